The van der Waals surface area contributed by atoms with Crippen LogP contribution in [0.25, 0.3) is 5.57 Å². The Hall–Kier alpha value is -3.73. The van der Waals surface area contributed by atoms with Crippen molar-refractivity contribution >= 4 is 23.0 Å². The standard InChI is InChI=1S/C31H34N2O3/c1-3-5-9-23(4-2)22-36-31(35)27-12-13-29-26(20-27)16-19-33(29)21-28(24-10-7-6-8-11-24)30(34)25-14-17-32-18-15-25/h6-8,10-15,17-18,20-21,23H,3-5,9,16,19,22H2,1-2H3/b28-21+. The zero-order valence-electron chi connectivity index (χ0n) is 21.2. The molecule has 1 aliphatic rings. The van der Waals surface area contributed by atoms with Crippen LogP contribution in [0.5, 0.6) is 0 Å². The van der Waals surface area contributed by atoms with Crippen molar-refractivity contribution in [1.29, 1.82) is 0 Å². The molecule has 3 aromatic rings. The topological polar surface area (TPSA) is 59.5 Å². The number of carbonyl (C=O) groups excluding carboxylic acids is 2. The summed E-state index contributed by atoms with van der Waals surface area (Å²) in [5.41, 5.74) is 4.76. The largest absolute Gasteiger partial charge is 0.462 e. The van der Waals surface area contributed by atoms with Gasteiger partial charge in [0.25, 0.3) is 0 Å². The lowest BCUT2D eigenvalue weighted by molar-refractivity contribution is 0.0428. The molecule has 4 rings (SSSR count). The summed E-state index contributed by atoms with van der Waals surface area (Å²) in [7, 11) is 0. The second-order valence-corrected chi connectivity index (χ2v) is 9.28. The molecule has 0 aliphatic carbocycles. The van der Waals surface area contributed by atoms with Crippen molar-refractivity contribution in [2.45, 2.75) is 46.0 Å². The van der Waals surface area contributed by atoms with Crippen LogP contribution >= 0.6 is 0 Å². The molecule has 2 aromatic carbocycles. The quantitative estimate of drug-likeness (QED) is 0.172. The average Bonchev–Trinajstić information content (AvgIpc) is 3.34. The van der Waals surface area contributed by atoms with E-state index in [-0.39, 0.29) is 11.8 Å². The van der Waals surface area contributed by atoms with Gasteiger partial charge in [-0.25, -0.2) is 4.79 Å². The smallest absolute Gasteiger partial charge is 0.338 e. The highest BCUT2D eigenvalue weighted by Gasteiger charge is 2.23. The minimum absolute atomic E-state index is 0.0502. The third-order valence-electron chi connectivity index (χ3n) is 6.80. The summed E-state index contributed by atoms with van der Waals surface area (Å²) in [5.74, 6) is 0.101. The summed E-state index contributed by atoms with van der Waals surface area (Å²) in [6.45, 7) is 5.54. The van der Waals surface area contributed by atoms with Crippen molar-refractivity contribution in [2.75, 3.05) is 18.1 Å². The first-order valence-electron chi connectivity index (χ1n) is 12.9. The third-order valence-corrected chi connectivity index (χ3v) is 6.80. The normalized spacial score (nSPS) is 13.8. The number of aromatic nitrogens is 1. The van der Waals surface area contributed by atoms with Gasteiger partial charge < -0.3 is 9.64 Å². The van der Waals surface area contributed by atoms with E-state index in [1.165, 1.54) is 0 Å². The molecule has 5 heteroatoms. The van der Waals surface area contributed by atoms with E-state index in [1.807, 2.05) is 54.7 Å². The molecule has 0 spiro atoms. The van der Waals surface area contributed by atoms with Gasteiger partial charge in [0.15, 0.2) is 5.78 Å². The van der Waals surface area contributed by atoms with Gasteiger partial charge in [-0.1, -0.05) is 63.4 Å². The number of nitrogens with zero attached hydrogens (tertiary/aromatic N) is 2. The number of anilines is 1. The zero-order chi connectivity index (χ0) is 25.3. The highest BCUT2D eigenvalue weighted by molar-refractivity contribution is 6.29. The average molecular weight is 483 g/mol. The van der Waals surface area contributed by atoms with Crippen LogP contribution < -0.4 is 4.90 Å². The molecule has 5 nitrogen and oxygen atoms in total. The molecule has 36 heavy (non-hydrogen) atoms. The minimum Gasteiger partial charge on any atom is -0.462 e. The van der Waals surface area contributed by atoms with Crippen molar-refractivity contribution < 1.29 is 14.3 Å². The predicted molar refractivity (Wildman–Crippen MR) is 144 cm³/mol. The van der Waals surface area contributed by atoms with Crippen LogP contribution in [0.3, 0.4) is 0 Å². The van der Waals surface area contributed by atoms with Gasteiger partial charge in [-0.3, -0.25) is 9.78 Å². The first kappa shape index (κ1) is 25.4. The molecule has 0 saturated carbocycles. The molecule has 0 bridgehead atoms. The predicted octanol–water partition coefficient (Wildman–Crippen LogP) is 6.74. The van der Waals surface area contributed by atoms with Crippen LogP contribution in [0.4, 0.5) is 5.69 Å². The third kappa shape index (κ3) is 6.09. The molecule has 0 amide bonds. The first-order valence-corrected chi connectivity index (χ1v) is 12.9. The Bertz CT molecular complexity index is 1210. The van der Waals surface area contributed by atoms with E-state index in [1.54, 1.807) is 24.5 Å². The number of esters is 1. The van der Waals surface area contributed by atoms with Crippen LogP contribution in [0.1, 0.15) is 71.4 Å². The van der Waals surface area contributed by atoms with Crippen molar-refractivity contribution in [2.24, 2.45) is 5.92 Å². The van der Waals surface area contributed by atoms with Crippen LogP contribution in [-0.4, -0.2) is 29.9 Å². The Morgan fingerprint density at radius 1 is 1.00 bits per heavy atom. The number of hydrogen-bond acceptors (Lipinski definition) is 5. The summed E-state index contributed by atoms with van der Waals surface area (Å²) >= 11 is 0. The Balaban J connectivity index is 1.54. The van der Waals surface area contributed by atoms with E-state index >= 15 is 0 Å². The lowest BCUT2D eigenvalue weighted by Crippen LogP contribution is -2.16. The number of hydrogen-bond donors (Lipinski definition) is 0. The van der Waals surface area contributed by atoms with Gasteiger partial charge in [0.2, 0.25) is 0 Å². The van der Waals surface area contributed by atoms with Crippen LogP contribution in [0.15, 0.2) is 79.3 Å². The maximum absolute atomic E-state index is 13.4. The molecule has 2 heterocycles. The second kappa shape index (κ2) is 12.3. The van der Waals surface area contributed by atoms with Gasteiger partial charge in [0.1, 0.15) is 0 Å². The van der Waals surface area contributed by atoms with Crippen molar-refractivity contribution in [3.8, 4) is 0 Å². The summed E-state index contributed by atoms with van der Waals surface area (Å²) in [4.78, 5) is 32.3. The van der Waals surface area contributed by atoms with Gasteiger partial charge in [-0.15, -0.1) is 0 Å². The molecule has 0 saturated heterocycles. The summed E-state index contributed by atoms with van der Waals surface area (Å²) in [5, 5.41) is 0. The van der Waals surface area contributed by atoms with E-state index in [0.717, 1.165) is 55.5 Å². The molecule has 186 valence electrons. The van der Waals surface area contributed by atoms with Crippen molar-refractivity contribution in [3.63, 3.8) is 0 Å². The number of ether oxygens (including phenoxy) is 1. The van der Waals surface area contributed by atoms with Gasteiger partial charge in [0.05, 0.1) is 12.2 Å². The second-order valence-electron chi connectivity index (χ2n) is 9.28. The van der Waals surface area contributed by atoms with Crippen LogP contribution in [0.2, 0.25) is 0 Å². The summed E-state index contributed by atoms with van der Waals surface area (Å²) < 4.78 is 5.65. The fourth-order valence-electron chi connectivity index (χ4n) is 4.56. The summed E-state index contributed by atoms with van der Waals surface area (Å²) in [6.07, 6.45) is 10.4. The minimum atomic E-state index is -0.264. The number of carbonyl (C=O) groups is 2. The van der Waals surface area contributed by atoms with Crippen molar-refractivity contribution in [1.82, 2.24) is 4.98 Å². The van der Waals surface area contributed by atoms with E-state index in [9.17, 15) is 9.59 Å². The molecule has 1 atom stereocenters. The van der Waals surface area contributed by atoms with E-state index in [0.29, 0.717) is 29.2 Å². The number of benzene rings is 2. The number of rotatable bonds is 11. The molecule has 1 aliphatic heterocycles. The first-order chi connectivity index (χ1) is 17.6. The number of pyridine rings is 1. The lowest BCUT2D eigenvalue weighted by Gasteiger charge is -2.18. The lowest BCUT2D eigenvalue weighted by atomic mass is 9.98. The monoisotopic (exact) mass is 482 g/mol. The molecule has 1 unspecified atom stereocenters. The van der Waals surface area contributed by atoms with Crippen LogP contribution in [0, 0.1) is 5.92 Å². The Morgan fingerprint density at radius 3 is 2.50 bits per heavy atom. The molecular formula is C31H34N2O3. The van der Waals surface area contributed by atoms with Gasteiger partial charge in [-0.2, -0.15) is 0 Å². The Labute approximate surface area is 213 Å². The fourth-order valence-corrected chi connectivity index (χ4v) is 4.56. The number of fused-ring (bicyclic) bond motifs is 1. The van der Waals surface area contributed by atoms with Gasteiger partial charge in [0, 0.05) is 42.0 Å². The van der Waals surface area contributed by atoms with Gasteiger partial charge >= 0.3 is 5.97 Å². The van der Waals surface area contributed by atoms with Crippen molar-refractivity contribution in [3.05, 3.63) is 102 Å². The zero-order valence-corrected chi connectivity index (χ0v) is 21.2. The molecular weight excluding hydrogens is 448 g/mol. The highest BCUT2D eigenvalue weighted by atomic mass is 16.5. The summed E-state index contributed by atoms with van der Waals surface area (Å²) in [6, 6.07) is 18.9. The Morgan fingerprint density at radius 2 is 1.78 bits per heavy atom. The van der Waals surface area contributed by atoms with E-state index in [2.05, 4.69) is 23.7 Å². The molecule has 0 N–H and O–H groups in total. The van der Waals surface area contributed by atoms with Crippen LogP contribution in [-0.2, 0) is 11.2 Å². The maximum atomic E-state index is 13.4. The molecule has 0 radical (unpaired) electrons. The molecule has 1 aromatic heterocycles. The van der Waals surface area contributed by atoms with Gasteiger partial charge in [-0.05, 0) is 60.2 Å². The SMILES string of the molecule is CCCCC(CC)COC(=O)c1ccc2c(c1)CCN2/C=C(/C(=O)c1ccncc1)c1ccccc1. The number of ketones is 1. The Kier molecular flexibility index (Phi) is 8.66. The van der Waals surface area contributed by atoms with E-state index in [4.69, 9.17) is 4.74 Å². The molecule has 0 fully saturated rings. The maximum Gasteiger partial charge on any atom is 0.338 e. The highest BCUT2D eigenvalue weighted by Crippen LogP contribution is 2.32. The fraction of sp³-hybridized carbons (Fsp3) is 0.323. The number of unbranched alkanes of at least 4 members (excludes halogenated alkanes) is 1. The van der Waals surface area contributed by atoms with E-state index < -0.39 is 0 Å². The number of allylic oxidation sites excluding steroid dienone is 1. The number of Topliss-reactive ketones (excluding diaryl/α,β-unsaturated/α-hetero) is 1.